The lowest BCUT2D eigenvalue weighted by Gasteiger charge is -2.36. The number of hydrogen-bond donors (Lipinski definition) is 3. The molecule has 1 aliphatic heterocycles. The molecule has 1 aliphatic carbocycles. The highest BCUT2D eigenvalue weighted by Crippen LogP contribution is 2.23. The number of carbonyl (C=O) groups is 3. The minimum Gasteiger partial charge on any atom is -0.344 e. The molecule has 8 heteroatoms. The van der Waals surface area contributed by atoms with Gasteiger partial charge in [-0.25, -0.2) is 0 Å². The molecule has 0 spiro atoms. The van der Waals surface area contributed by atoms with Crippen molar-refractivity contribution in [1.82, 2.24) is 20.4 Å². The molecule has 1 heterocycles. The fourth-order valence-corrected chi connectivity index (χ4v) is 4.71. The van der Waals surface area contributed by atoms with Gasteiger partial charge < -0.3 is 25.8 Å². The van der Waals surface area contributed by atoms with Crippen molar-refractivity contribution < 1.29 is 14.4 Å². The SMILES string of the molecule is CCC(=O)N[C@@H](C(=O)N1CCN(C)CC1)[C@@H](C)c1ccc(NC(=O)CNC2CCCCC2)cc1. The second kappa shape index (κ2) is 12.9. The standard InChI is InChI=1S/C26H41N5O3/c1-4-23(32)29-25(26(34)31-16-14-30(3)15-17-31)19(2)20-10-12-22(13-11-20)28-24(33)18-27-21-8-6-5-7-9-21/h10-13,19,21,25,27H,4-9,14-18H2,1-3H3,(H,28,33)(H,29,32)/t19-,25+/m0/s1. The maximum absolute atomic E-state index is 13.3. The third-order valence-electron chi connectivity index (χ3n) is 7.10. The van der Waals surface area contributed by atoms with Gasteiger partial charge in [-0.15, -0.1) is 0 Å². The highest BCUT2D eigenvalue weighted by molar-refractivity contribution is 5.92. The number of benzene rings is 1. The van der Waals surface area contributed by atoms with Crippen LogP contribution in [0.1, 0.15) is 63.9 Å². The van der Waals surface area contributed by atoms with Gasteiger partial charge in [-0.05, 0) is 37.6 Å². The van der Waals surface area contributed by atoms with Crippen LogP contribution in [0.4, 0.5) is 5.69 Å². The van der Waals surface area contributed by atoms with Crippen LogP contribution in [0.25, 0.3) is 0 Å². The van der Waals surface area contributed by atoms with Gasteiger partial charge in [0.05, 0.1) is 6.54 Å². The summed E-state index contributed by atoms with van der Waals surface area (Å²) in [4.78, 5) is 41.9. The quantitative estimate of drug-likeness (QED) is 0.514. The van der Waals surface area contributed by atoms with E-state index >= 15 is 0 Å². The molecule has 1 saturated carbocycles. The van der Waals surface area contributed by atoms with Gasteiger partial charge in [0.1, 0.15) is 6.04 Å². The molecule has 0 aromatic heterocycles. The number of anilines is 1. The monoisotopic (exact) mass is 471 g/mol. The van der Waals surface area contributed by atoms with Gasteiger partial charge in [-0.3, -0.25) is 14.4 Å². The van der Waals surface area contributed by atoms with Gasteiger partial charge in [0.25, 0.3) is 0 Å². The molecular weight excluding hydrogens is 430 g/mol. The van der Waals surface area contributed by atoms with Crippen molar-refractivity contribution in [1.29, 1.82) is 0 Å². The van der Waals surface area contributed by atoms with E-state index in [2.05, 4.69) is 20.9 Å². The average Bonchev–Trinajstić information content (AvgIpc) is 2.86. The zero-order valence-corrected chi connectivity index (χ0v) is 20.9. The van der Waals surface area contributed by atoms with Crippen molar-refractivity contribution in [3.8, 4) is 0 Å². The Bertz CT molecular complexity index is 814. The number of amides is 3. The zero-order valence-electron chi connectivity index (χ0n) is 20.9. The van der Waals surface area contributed by atoms with Crippen molar-refractivity contribution in [3.05, 3.63) is 29.8 Å². The van der Waals surface area contributed by atoms with Crippen LogP contribution in [0.5, 0.6) is 0 Å². The smallest absolute Gasteiger partial charge is 0.245 e. The van der Waals surface area contributed by atoms with E-state index in [4.69, 9.17) is 0 Å². The molecule has 1 aromatic rings. The maximum atomic E-state index is 13.3. The van der Waals surface area contributed by atoms with Gasteiger partial charge in [0, 0.05) is 50.2 Å². The van der Waals surface area contributed by atoms with E-state index in [9.17, 15) is 14.4 Å². The second-order valence-corrected chi connectivity index (χ2v) is 9.70. The molecule has 34 heavy (non-hydrogen) atoms. The van der Waals surface area contributed by atoms with Crippen molar-refractivity contribution in [2.24, 2.45) is 0 Å². The highest BCUT2D eigenvalue weighted by atomic mass is 16.2. The first kappa shape index (κ1) is 26.2. The van der Waals surface area contributed by atoms with E-state index in [1.165, 1.54) is 19.3 Å². The van der Waals surface area contributed by atoms with Crippen molar-refractivity contribution in [3.63, 3.8) is 0 Å². The minimum absolute atomic E-state index is 0.0337. The summed E-state index contributed by atoms with van der Waals surface area (Å²) in [7, 11) is 2.05. The summed E-state index contributed by atoms with van der Waals surface area (Å²) in [5.74, 6) is -0.410. The van der Waals surface area contributed by atoms with Crippen LogP contribution in [-0.2, 0) is 14.4 Å². The molecule has 2 aliphatic rings. The van der Waals surface area contributed by atoms with Gasteiger partial charge in [-0.2, -0.15) is 0 Å². The summed E-state index contributed by atoms with van der Waals surface area (Å²) >= 11 is 0. The topological polar surface area (TPSA) is 93.8 Å². The van der Waals surface area contributed by atoms with Crippen LogP contribution in [0.2, 0.25) is 0 Å². The Morgan fingerprint density at radius 2 is 1.62 bits per heavy atom. The molecule has 1 aromatic carbocycles. The van der Waals surface area contributed by atoms with Crippen molar-refractivity contribution in [2.75, 3.05) is 45.1 Å². The van der Waals surface area contributed by atoms with Gasteiger partial charge in [-0.1, -0.05) is 45.2 Å². The molecule has 8 nitrogen and oxygen atoms in total. The number of piperazine rings is 1. The third-order valence-corrected chi connectivity index (χ3v) is 7.10. The first-order valence-corrected chi connectivity index (χ1v) is 12.8. The highest BCUT2D eigenvalue weighted by Gasteiger charge is 2.32. The average molecular weight is 472 g/mol. The lowest BCUT2D eigenvalue weighted by Crippen LogP contribution is -2.55. The van der Waals surface area contributed by atoms with Crippen molar-refractivity contribution >= 4 is 23.4 Å². The number of nitrogens with zero attached hydrogens (tertiary/aromatic N) is 2. The molecule has 3 N–H and O–H groups in total. The molecule has 2 fully saturated rings. The fourth-order valence-electron chi connectivity index (χ4n) is 4.71. The Morgan fingerprint density at radius 3 is 2.24 bits per heavy atom. The van der Waals surface area contributed by atoms with E-state index in [1.54, 1.807) is 6.92 Å². The minimum atomic E-state index is -0.615. The fraction of sp³-hybridized carbons (Fsp3) is 0.654. The van der Waals surface area contributed by atoms with E-state index in [-0.39, 0.29) is 23.6 Å². The number of nitrogens with one attached hydrogen (secondary N) is 3. The zero-order chi connectivity index (χ0) is 24.5. The summed E-state index contributed by atoms with van der Waals surface area (Å²) in [6.07, 6.45) is 6.37. The Labute approximate surface area is 203 Å². The summed E-state index contributed by atoms with van der Waals surface area (Å²) in [6.45, 7) is 7.07. The van der Waals surface area contributed by atoms with E-state index < -0.39 is 6.04 Å². The van der Waals surface area contributed by atoms with E-state index in [1.807, 2.05) is 43.1 Å². The first-order chi connectivity index (χ1) is 16.4. The lowest BCUT2D eigenvalue weighted by atomic mass is 9.91. The van der Waals surface area contributed by atoms with Crippen molar-refractivity contribution in [2.45, 2.75) is 70.4 Å². The third kappa shape index (κ3) is 7.53. The van der Waals surface area contributed by atoms with Crippen LogP contribution < -0.4 is 16.0 Å². The number of rotatable bonds is 9. The van der Waals surface area contributed by atoms with E-state index in [0.29, 0.717) is 32.1 Å². The molecule has 0 bridgehead atoms. The molecule has 2 atom stereocenters. The predicted octanol–water partition coefficient (Wildman–Crippen LogP) is 2.32. The van der Waals surface area contributed by atoms with Crippen LogP contribution in [0.3, 0.4) is 0 Å². The molecule has 0 radical (unpaired) electrons. The second-order valence-electron chi connectivity index (χ2n) is 9.70. The Kier molecular flexibility index (Phi) is 9.89. The van der Waals surface area contributed by atoms with Crippen LogP contribution in [-0.4, -0.2) is 79.4 Å². The molecule has 0 unspecified atom stereocenters. The lowest BCUT2D eigenvalue weighted by molar-refractivity contribution is -0.138. The van der Waals surface area contributed by atoms with Gasteiger partial charge >= 0.3 is 0 Å². The molecule has 3 amide bonds. The summed E-state index contributed by atoms with van der Waals surface area (Å²) < 4.78 is 0. The number of likely N-dealkylation sites (N-methyl/N-ethyl adjacent to an activating group) is 1. The Balaban J connectivity index is 1.59. The molecule has 188 valence electrons. The van der Waals surface area contributed by atoms with Gasteiger partial charge in [0.15, 0.2) is 0 Å². The van der Waals surface area contributed by atoms with Crippen LogP contribution >= 0.6 is 0 Å². The summed E-state index contributed by atoms with van der Waals surface area (Å²) in [5.41, 5.74) is 1.67. The Hall–Kier alpha value is -2.45. The van der Waals surface area contributed by atoms with Crippen LogP contribution in [0, 0.1) is 0 Å². The molecular formula is C26H41N5O3. The Morgan fingerprint density at radius 1 is 0.971 bits per heavy atom. The molecule has 1 saturated heterocycles. The summed E-state index contributed by atoms with van der Waals surface area (Å²) in [5, 5.41) is 9.25. The predicted molar refractivity (Wildman–Crippen MR) is 135 cm³/mol. The van der Waals surface area contributed by atoms with Gasteiger partial charge in [0.2, 0.25) is 17.7 Å². The normalized spacial score (nSPS) is 19.3. The number of hydrogen-bond acceptors (Lipinski definition) is 5. The number of carbonyl (C=O) groups excluding carboxylic acids is 3. The largest absolute Gasteiger partial charge is 0.344 e. The summed E-state index contributed by atoms with van der Waals surface area (Å²) in [6, 6.07) is 7.41. The van der Waals surface area contributed by atoms with E-state index in [0.717, 1.165) is 37.2 Å². The molecule has 3 rings (SSSR count). The van der Waals surface area contributed by atoms with Crippen LogP contribution in [0.15, 0.2) is 24.3 Å². The maximum Gasteiger partial charge on any atom is 0.245 e. The first-order valence-electron chi connectivity index (χ1n) is 12.8.